The predicted octanol–water partition coefficient (Wildman–Crippen LogP) is 1.81. The third kappa shape index (κ3) is 3.62. The van der Waals surface area contributed by atoms with Crippen molar-refractivity contribution in [2.45, 2.75) is 24.3 Å². The topological polar surface area (TPSA) is 103 Å². The fourth-order valence-corrected chi connectivity index (χ4v) is 6.62. The molecule has 0 spiro atoms. The zero-order chi connectivity index (χ0) is 22.5. The number of carbonyl (C=O) groups excluding carboxylic acids is 2. The monoisotopic (exact) mass is 468 g/mol. The highest BCUT2D eigenvalue weighted by Gasteiger charge is 2.33. The number of H-pyrrole nitrogens is 1. The number of rotatable bonds is 3. The molecule has 3 aromatic rings. The number of aromatic amines is 1. The molecular weight excluding hydrogens is 448 g/mol. The summed E-state index contributed by atoms with van der Waals surface area (Å²) in [5.74, 6) is 2.51. The van der Waals surface area contributed by atoms with Crippen molar-refractivity contribution >= 4 is 44.0 Å². The van der Waals surface area contributed by atoms with Crippen LogP contribution in [0.3, 0.4) is 0 Å². The summed E-state index contributed by atoms with van der Waals surface area (Å²) in [6.07, 6.45) is 6.83. The van der Waals surface area contributed by atoms with E-state index in [1.54, 1.807) is 29.2 Å². The van der Waals surface area contributed by atoms with Crippen molar-refractivity contribution in [1.29, 1.82) is 0 Å². The maximum atomic E-state index is 13.1. The average Bonchev–Trinajstić information content (AvgIpc) is 3.42. The summed E-state index contributed by atoms with van der Waals surface area (Å²) in [6, 6.07) is 6.88. The van der Waals surface area contributed by atoms with E-state index in [0.29, 0.717) is 35.4 Å². The number of aryl methyl sites for hydroxylation is 1. The highest BCUT2D eigenvalue weighted by atomic mass is 32.2. The smallest absolute Gasteiger partial charge is 0.282 e. The molecule has 1 saturated heterocycles. The first-order valence-electron chi connectivity index (χ1n) is 10.2. The Bertz CT molecular complexity index is 1390. The number of nitrogens with one attached hydrogen (secondary N) is 1. The molecule has 1 amide bonds. The summed E-state index contributed by atoms with van der Waals surface area (Å²) in [5.41, 5.74) is 2.22. The maximum absolute atomic E-state index is 13.1. The fraction of sp³-hybridized carbons (Fsp3) is 0.318. The van der Waals surface area contributed by atoms with E-state index in [1.165, 1.54) is 15.6 Å². The average molecular weight is 469 g/mol. The van der Waals surface area contributed by atoms with Crippen LogP contribution in [0.4, 0.5) is 0 Å². The van der Waals surface area contributed by atoms with Crippen molar-refractivity contribution in [3.8, 4) is 12.3 Å². The van der Waals surface area contributed by atoms with Crippen LogP contribution in [-0.2, 0) is 27.7 Å². The Kier molecular flexibility index (Phi) is 5.12. The Morgan fingerprint density at radius 2 is 1.94 bits per heavy atom. The summed E-state index contributed by atoms with van der Waals surface area (Å²) in [7, 11) is -3.73. The van der Waals surface area contributed by atoms with Gasteiger partial charge in [0.25, 0.3) is 15.9 Å². The predicted molar refractivity (Wildman–Crippen MR) is 120 cm³/mol. The molecule has 0 bridgehead atoms. The minimum atomic E-state index is -3.73. The third-order valence-electron chi connectivity index (χ3n) is 5.87. The van der Waals surface area contributed by atoms with Gasteiger partial charge in [0.1, 0.15) is 10.8 Å². The largest absolute Gasteiger partial charge is 0.345 e. The van der Waals surface area contributed by atoms with Gasteiger partial charge < -0.3 is 9.88 Å². The van der Waals surface area contributed by atoms with Gasteiger partial charge in [-0.1, -0.05) is 5.92 Å². The van der Waals surface area contributed by atoms with E-state index >= 15 is 0 Å². The molecular formula is C22H20N4O4S2. The molecule has 1 aromatic carbocycles. The van der Waals surface area contributed by atoms with Crippen molar-refractivity contribution in [3.05, 3.63) is 45.4 Å². The Balaban J connectivity index is 1.29. The van der Waals surface area contributed by atoms with Crippen molar-refractivity contribution in [2.24, 2.45) is 0 Å². The van der Waals surface area contributed by atoms with Crippen LogP contribution < -0.4 is 0 Å². The van der Waals surface area contributed by atoms with Gasteiger partial charge in [0, 0.05) is 60.4 Å². The lowest BCUT2D eigenvalue weighted by atomic mass is 10.0. The molecule has 10 heteroatoms. The van der Waals surface area contributed by atoms with Crippen molar-refractivity contribution in [1.82, 2.24) is 19.2 Å². The highest BCUT2D eigenvalue weighted by molar-refractivity contribution is 7.89. The number of carbonyl (C=O) groups is 2. The number of benzene rings is 1. The summed E-state index contributed by atoms with van der Waals surface area (Å²) in [4.78, 5) is 34.5. The Labute approximate surface area is 189 Å². The van der Waals surface area contributed by atoms with Gasteiger partial charge in [-0.25, -0.2) is 13.4 Å². The van der Waals surface area contributed by atoms with Crippen LogP contribution in [0.25, 0.3) is 10.9 Å². The number of hydrogen-bond donors (Lipinski definition) is 1. The number of piperazine rings is 1. The molecule has 5 rings (SSSR count). The lowest BCUT2D eigenvalue weighted by molar-refractivity contribution is -0.118. The van der Waals surface area contributed by atoms with Crippen LogP contribution in [0.2, 0.25) is 0 Å². The van der Waals surface area contributed by atoms with E-state index in [2.05, 4.69) is 15.9 Å². The first-order chi connectivity index (χ1) is 15.3. The molecule has 8 nitrogen and oxygen atoms in total. The molecule has 164 valence electrons. The summed E-state index contributed by atoms with van der Waals surface area (Å²) < 4.78 is 27.6. The van der Waals surface area contributed by atoms with Gasteiger partial charge in [0.2, 0.25) is 0 Å². The van der Waals surface area contributed by atoms with Crippen molar-refractivity contribution in [3.63, 3.8) is 0 Å². The van der Waals surface area contributed by atoms with Gasteiger partial charge in [-0.3, -0.25) is 9.59 Å². The van der Waals surface area contributed by atoms with E-state index in [1.807, 2.05) is 0 Å². The number of sulfonamides is 1. The highest BCUT2D eigenvalue weighted by Crippen LogP contribution is 2.27. The second-order valence-electron chi connectivity index (χ2n) is 7.88. The molecule has 3 heterocycles. The number of aromatic nitrogens is 2. The molecule has 0 saturated carbocycles. The molecule has 0 atom stereocenters. The molecule has 1 aliphatic carbocycles. The number of hydrogen-bond acceptors (Lipinski definition) is 6. The standard InChI is InChI=1S/C22H20N4O4S2/c1-2-14-3-5-17-15(11-14)12-20(23-17)32(29,30)26-9-7-25(8-10-26)22(28)21-24-18-6-4-16(27)13-19(18)31-21/h1,3,5,11-12,23H,4,6-10,13H2. The Morgan fingerprint density at radius 3 is 2.69 bits per heavy atom. The van der Waals surface area contributed by atoms with Crippen LogP contribution in [-0.4, -0.2) is 65.5 Å². The molecule has 2 aromatic heterocycles. The first kappa shape index (κ1) is 20.9. The number of ketones is 1. The van der Waals surface area contributed by atoms with Crippen LogP contribution >= 0.6 is 11.3 Å². The van der Waals surface area contributed by atoms with E-state index in [4.69, 9.17) is 6.42 Å². The molecule has 1 aliphatic heterocycles. The van der Waals surface area contributed by atoms with Gasteiger partial charge in [-0.15, -0.1) is 17.8 Å². The molecule has 1 fully saturated rings. The van der Waals surface area contributed by atoms with Crippen LogP contribution in [0.15, 0.2) is 29.3 Å². The molecule has 1 N–H and O–H groups in total. The Morgan fingerprint density at radius 1 is 1.16 bits per heavy atom. The Hall–Kier alpha value is -3.00. The number of amides is 1. The fourth-order valence-electron chi connectivity index (χ4n) is 4.07. The molecule has 0 unspecified atom stereocenters. The normalized spacial score (nSPS) is 17.3. The van der Waals surface area contributed by atoms with Crippen LogP contribution in [0.1, 0.15) is 32.4 Å². The second-order valence-corrected chi connectivity index (χ2v) is 10.9. The van der Waals surface area contributed by atoms with Gasteiger partial charge in [-0.05, 0) is 30.7 Å². The van der Waals surface area contributed by atoms with E-state index in [9.17, 15) is 18.0 Å². The summed E-state index contributed by atoms with van der Waals surface area (Å²) in [6.45, 7) is 0.955. The van der Waals surface area contributed by atoms with Gasteiger partial charge >= 0.3 is 0 Å². The minimum Gasteiger partial charge on any atom is -0.345 e. The summed E-state index contributed by atoms with van der Waals surface area (Å²) in [5, 5.41) is 1.22. The SMILES string of the molecule is C#Cc1ccc2[nH]c(S(=O)(=O)N3CCN(C(=O)c4nc5c(s4)CC(=O)CC5)CC3)cc2c1. The summed E-state index contributed by atoms with van der Waals surface area (Å²) >= 11 is 1.28. The van der Waals surface area contributed by atoms with Crippen molar-refractivity contribution in [2.75, 3.05) is 26.2 Å². The van der Waals surface area contributed by atoms with Crippen LogP contribution in [0, 0.1) is 12.3 Å². The second kappa shape index (κ2) is 7.85. The molecule has 32 heavy (non-hydrogen) atoms. The van der Waals surface area contributed by atoms with Gasteiger partial charge in [-0.2, -0.15) is 4.31 Å². The minimum absolute atomic E-state index is 0.110. The van der Waals surface area contributed by atoms with E-state index < -0.39 is 10.0 Å². The van der Waals surface area contributed by atoms with E-state index in [-0.39, 0.29) is 42.9 Å². The molecule has 2 aliphatic rings. The zero-order valence-corrected chi connectivity index (χ0v) is 18.8. The number of fused-ring (bicyclic) bond motifs is 2. The van der Waals surface area contributed by atoms with Crippen molar-refractivity contribution < 1.29 is 18.0 Å². The number of nitrogens with zero attached hydrogens (tertiary/aromatic N) is 3. The number of Topliss-reactive ketones (excluding diaryl/α,β-unsaturated/α-hetero) is 1. The number of terminal acetylenes is 1. The van der Waals surface area contributed by atoms with Crippen LogP contribution in [0.5, 0.6) is 0 Å². The first-order valence-corrected chi connectivity index (χ1v) is 12.5. The maximum Gasteiger partial charge on any atom is 0.282 e. The lowest BCUT2D eigenvalue weighted by Gasteiger charge is -2.33. The quantitative estimate of drug-likeness (QED) is 0.591. The van der Waals surface area contributed by atoms with E-state index in [0.717, 1.165) is 16.0 Å². The lowest BCUT2D eigenvalue weighted by Crippen LogP contribution is -2.50. The third-order valence-corrected chi connectivity index (χ3v) is 8.77. The zero-order valence-electron chi connectivity index (χ0n) is 17.1. The number of thiazole rings is 1. The molecule has 0 radical (unpaired) electrons. The van der Waals surface area contributed by atoms with Gasteiger partial charge in [0.05, 0.1) is 5.69 Å². The van der Waals surface area contributed by atoms with Gasteiger partial charge in [0.15, 0.2) is 5.01 Å².